The smallest absolute Gasteiger partial charge is 0.242 e. The minimum atomic E-state index is -3.53. The van der Waals surface area contributed by atoms with Gasteiger partial charge in [0, 0.05) is 38.4 Å². The summed E-state index contributed by atoms with van der Waals surface area (Å²) in [6.45, 7) is 2.53. The number of aromatic nitrogens is 3. The van der Waals surface area contributed by atoms with Crippen LogP contribution >= 0.6 is 0 Å². The molecule has 0 aliphatic heterocycles. The molecule has 0 saturated carbocycles. The van der Waals surface area contributed by atoms with E-state index in [0.29, 0.717) is 24.7 Å². The maximum atomic E-state index is 12.2. The Bertz CT molecular complexity index is 704. The summed E-state index contributed by atoms with van der Waals surface area (Å²) in [5.41, 5.74) is 0.894. The Kier molecular flexibility index (Phi) is 4.76. The molecule has 0 atom stereocenters. The van der Waals surface area contributed by atoms with Crippen molar-refractivity contribution in [2.45, 2.75) is 24.8 Å². The van der Waals surface area contributed by atoms with E-state index in [1.807, 2.05) is 14.1 Å². The molecular weight excluding hydrogens is 294 g/mol. The molecule has 9 heteroatoms. The van der Waals surface area contributed by atoms with Crippen molar-refractivity contribution in [1.82, 2.24) is 24.7 Å². The van der Waals surface area contributed by atoms with Crippen LogP contribution in [0.3, 0.4) is 0 Å². The van der Waals surface area contributed by atoms with Crippen molar-refractivity contribution in [3.8, 4) is 0 Å². The van der Waals surface area contributed by atoms with Crippen molar-refractivity contribution < 1.29 is 12.9 Å². The monoisotopic (exact) mass is 313 g/mol. The van der Waals surface area contributed by atoms with Crippen molar-refractivity contribution in [3.05, 3.63) is 29.7 Å². The van der Waals surface area contributed by atoms with Gasteiger partial charge in [0.05, 0.1) is 4.90 Å². The second-order valence-electron chi connectivity index (χ2n) is 4.69. The molecule has 2 aromatic heterocycles. The molecule has 2 aromatic rings. The highest BCUT2D eigenvalue weighted by Crippen LogP contribution is 2.13. The molecule has 0 aliphatic carbocycles. The Labute approximate surface area is 123 Å². The largest absolute Gasteiger partial charge is 0.352 e. The van der Waals surface area contributed by atoms with Gasteiger partial charge in [0.15, 0.2) is 5.82 Å². The lowest BCUT2D eigenvalue weighted by atomic mass is 10.4. The number of nitrogens with one attached hydrogen (secondary N) is 2. The van der Waals surface area contributed by atoms with Crippen LogP contribution in [0, 0.1) is 6.92 Å². The van der Waals surface area contributed by atoms with E-state index in [4.69, 9.17) is 4.52 Å². The zero-order chi connectivity index (χ0) is 15.5. The Balaban J connectivity index is 1.99. The summed E-state index contributed by atoms with van der Waals surface area (Å²) < 4.78 is 33.6. The minimum absolute atomic E-state index is 0.209. The average Bonchev–Trinajstić information content (AvgIpc) is 2.98. The summed E-state index contributed by atoms with van der Waals surface area (Å²) in [5, 5.41) is 6.64. The van der Waals surface area contributed by atoms with Gasteiger partial charge in [-0.15, -0.1) is 0 Å². The highest BCUT2D eigenvalue weighted by atomic mass is 32.2. The van der Waals surface area contributed by atoms with Gasteiger partial charge in [0.2, 0.25) is 15.9 Å². The van der Waals surface area contributed by atoms with E-state index in [1.54, 1.807) is 23.8 Å². The van der Waals surface area contributed by atoms with Crippen LogP contribution in [0.25, 0.3) is 0 Å². The van der Waals surface area contributed by atoms with Gasteiger partial charge in [0.25, 0.3) is 0 Å². The summed E-state index contributed by atoms with van der Waals surface area (Å²) >= 11 is 0. The number of rotatable bonds is 7. The number of nitrogens with zero attached hydrogens (tertiary/aromatic N) is 3. The Morgan fingerprint density at radius 1 is 1.43 bits per heavy atom. The maximum Gasteiger partial charge on any atom is 0.242 e. The van der Waals surface area contributed by atoms with Crippen molar-refractivity contribution in [2.75, 3.05) is 13.6 Å². The fraction of sp³-hybridized carbons (Fsp3) is 0.500. The van der Waals surface area contributed by atoms with Gasteiger partial charge in [-0.05, 0) is 20.0 Å². The van der Waals surface area contributed by atoms with Crippen LogP contribution in [0.4, 0.5) is 0 Å². The molecule has 0 aromatic carbocycles. The number of hydrogen-bond acceptors (Lipinski definition) is 6. The van der Waals surface area contributed by atoms with E-state index in [1.165, 1.54) is 0 Å². The number of hydrogen-bond donors (Lipinski definition) is 2. The van der Waals surface area contributed by atoms with Crippen LogP contribution in [0.1, 0.15) is 17.4 Å². The van der Waals surface area contributed by atoms with E-state index >= 15 is 0 Å². The van der Waals surface area contributed by atoms with Gasteiger partial charge >= 0.3 is 0 Å². The van der Waals surface area contributed by atoms with Crippen LogP contribution in [0.15, 0.2) is 21.7 Å². The van der Waals surface area contributed by atoms with Gasteiger partial charge in [-0.3, -0.25) is 0 Å². The molecule has 0 bridgehead atoms. The lowest BCUT2D eigenvalue weighted by Crippen LogP contribution is -2.25. The Hall–Kier alpha value is -1.71. The molecule has 2 heterocycles. The van der Waals surface area contributed by atoms with Crippen LogP contribution < -0.4 is 10.0 Å². The first-order valence-electron chi connectivity index (χ1n) is 6.51. The Morgan fingerprint density at radius 3 is 2.81 bits per heavy atom. The molecule has 21 heavy (non-hydrogen) atoms. The van der Waals surface area contributed by atoms with Gasteiger partial charge in [-0.1, -0.05) is 5.16 Å². The molecule has 0 aliphatic rings. The summed E-state index contributed by atoms with van der Waals surface area (Å²) in [6.07, 6.45) is 1.95. The predicted molar refractivity (Wildman–Crippen MR) is 76.1 cm³/mol. The van der Waals surface area contributed by atoms with Gasteiger partial charge < -0.3 is 14.4 Å². The van der Waals surface area contributed by atoms with Crippen LogP contribution in [0.2, 0.25) is 0 Å². The van der Waals surface area contributed by atoms with E-state index in [9.17, 15) is 8.42 Å². The molecule has 0 amide bonds. The summed E-state index contributed by atoms with van der Waals surface area (Å²) in [5.74, 6) is 0.951. The van der Waals surface area contributed by atoms with Crippen LogP contribution in [0.5, 0.6) is 0 Å². The fourth-order valence-electron chi connectivity index (χ4n) is 1.90. The second kappa shape index (κ2) is 6.37. The molecule has 2 rings (SSSR count). The zero-order valence-electron chi connectivity index (χ0n) is 12.3. The molecule has 0 saturated heterocycles. The zero-order valence-corrected chi connectivity index (χ0v) is 13.1. The first-order chi connectivity index (χ1) is 9.92. The van der Waals surface area contributed by atoms with Crippen LogP contribution in [-0.2, 0) is 30.0 Å². The number of aryl methyl sites for hydroxylation is 2. The third-order valence-corrected chi connectivity index (χ3v) is 4.38. The van der Waals surface area contributed by atoms with Crippen molar-refractivity contribution in [3.63, 3.8) is 0 Å². The molecule has 116 valence electrons. The third-order valence-electron chi connectivity index (χ3n) is 2.95. The molecule has 0 unspecified atom stereocenters. The van der Waals surface area contributed by atoms with E-state index < -0.39 is 10.0 Å². The van der Waals surface area contributed by atoms with Gasteiger partial charge in [-0.25, -0.2) is 13.1 Å². The van der Waals surface area contributed by atoms with Crippen molar-refractivity contribution in [1.29, 1.82) is 0 Å². The molecule has 8 nitrogen and oxygen atoms in total. The van der Waals surface area contributed by atoms with Gasteiger partial charge in [0.1, 0.15) is 0 Å². The fourth-order valence-corrected chi connectivity index (χ4v) is 3.02. The second-order valence-corrected chi connectivity index (χ2v) is 6.46. The lowest BCUT2D eigenvalue weighted by Gasteiger charge is -2.02. The first kappa shape index (κ1) is 15.7. The molecule has 0 radical (unpaired) electrons. The van der Waals surface area contributed by atoms with Gasteiger partial charge in [-0.2, -0.15) is 4.98 Å². The average molecular weight is 313 g/mol. The summed E-state index contributed by atoms with van der Waals surface area (Å²) in [6, 6.07) is 1.65. The maximum absolute atomic E-state index is 12.2. The number of sulfonamides is 1. The molecule has 2 N–H and O–H groups in total. The summed E-state index contributed by atoms with van der Waals surface area (Å²) in [4.78, 5) is 4.27. The standard InChI is InChI=1S/C12H19N5O3S/c1-9-15-12(20-16-9)4-5-14-21(18,19)11-6-10(7-13-2)17(3)8-11/h6,8,13-14H,4-5,7H2,1-3H3. The predicted octanol–water partition coefficient (Wildman–Crippen LogP) is -0.0431. The Morgan fingerprint density at radius 2 is 2.19 bits per heavy atom. The molecular formula is C12H19N5O3S. The summed E-state index contributed by atoms with van der Waals surface area (Å²) in [7, 11) is 0.0917. The normalized spacial score (nSPS) is 12.0. The third kappa shape index (κ3) is 3.90. The molecule has 0 fully saturated rings. The van der Waals surface area contributed by atoms with E-state index in [2.05, 4.69) is 20.2 Å². The van der Waals surface area contributed by atoms with E-state index in [0.717, 1.165) is 5.69 Å². The topological polar surface area (TPSA) is 102 Å². The highest BCUT2D eigenvalue weighted by Gasteiger charge is 2.17. The SMILES string of the molecule is CNCc1cc(S(=O)(=O)NCCc2nc(C)no2)cn1C. The lowest BCUT2D eigenvalue weighted by molar-refractivity contribution is 0.375. The van der Waals surface area contributed by atoms with Crippen molar-refractivity contribution >= 4 is 10.0 Å². The minimum Gasteiger partial charge on any atom is -0.352 e. The molecule has 0 spiro atoms. The van der Waals surface area contributed by atoms with E-state index in [-0.39, 0.29) is 11.4 Å². The quantitative estimate of drug-likeness (QED) is 0.743. The van der Waals surface area contributed by atoms with Crippen LogP contribution in [-0.4, -0.2) is 36.7 Å². The first-order valence-corrected chi connectivity index (χ1v) is 7.99. The highest BCUT2D eigenvalue weighted by molar-refractivity contribution is 7.89. The van der Waals surface area contributed by atoms with Crippen molar-refractivity contribution in [2.24, 2.45) is 7.05 Å².